The number of benzene rings is 3. The van der Waals surface area contributed by atoms with Crippen LogP contribution in [0.1, 0.15) is 42.7 Å². The maximum atomic E-state index is 14.3. The minimum atomic E-state index is -0.872. The second-order valence-corrected chi connectivity index (χ2v) is 9.95. The highest BCUT2D eigenvalue weighted by molar-refractivity contribution is 9.10. The lowest BCUT2D eigenvalue weighted by Crippen LogP contribution is -2.37. The summed E-state index contributed by atoms with van der Waals surface area (Å²) in [5, 5.41) is 5.69. The summed E-state index contributed by atoms with van der Waals surface area (Å²) < 4.78 is 29.4. The zero-order chi connectivity index (χ0) is 25.4. The van der Waals surface area contributed by atoms with E-state index in [2.05, 4.69) is 26.6 Å². The predicted octanol–water partition coefficient (Wildman–Crippen LogP) is 6.73. The van der Waals surface area contributed by atoms with Crippen LogP contribution in [0.2, 0.25) is 0 Å². The molecule has 0 fully saturated rings. The van der Waals surface area contributed by atoms with Crippen LogP contribution in [0.3, 0.4) is 0 Å². The summed E-state index contributed by atoms with van der Waals surface area (Å²) in [6.07, 6.45) is 0.925. The molecular formula is C29H23BrF2N2O2. The van der Waals surface area contributed by atoms with Crippen LogP contribution in [0.15, 0.2) is 99.8 Å². The molecule has 0 bridgehead atoms. The number of amides is 1. The smallest absolute Gasteiger partial charge is 0.254 e. The number of rotatable bonds is 4. The SMILES string of the molecule is CC1=C(C(=O)Nc2c(F)cccc2F)C(c2cccc(Br)c2)C2=C(CC(c3ccccc3)CC2=O)N1. The fourth-order valence-electron chi connectivity index (χ4n) is 5.12. The molecule has 1 amide bonds. The number of anilines is 1. The Morgan fingerprint density at radius 3 is 2.31 bits per heavy atom. The third kappa shape index (κ3) is 4.51. The molecule has 3 aromatic carbocycles. The largest absolute Gasteiger partial charge is 0.362 e. The Morgan fingerprint density at radius 1 is 0.944 bits per heavy atom. The Kier molecular flexibility index (Phi) is 6.58. The van der Waals surface area contributed by atoms with Crippen LogP contribution < -0.4 is 10.6 Å². The van der Waals surface area contributed by atoms with Gasteiger partial charge in [0.1, 0.15) is 17.3 Å². The van der Waals surface area contributed by atoms with Crippen LogP contribution in [0.25, 0.3) is 0 Å². The summed E-state index contributed by atoms with van der Waals surface area (Å²) in [7, 11) is 0. The molecule has 0 saturated heterocycles. The maximum absolute atomic E-state index is 14.3. The molecular weight excluding hydrogens is 526 g/mol. The number of allylic oxidation sites excluding steroid dienone is 3. The van der Waals surface area contributed by atoms with Crippen molar-refractivity contribution in [1.29, 1.82) is 0 Å². The van der Waals surface area contributed by atoms with Crippen molar-refractivity contribution in [3.63, 3.8) is 0 Å². The van der Waals surface area contributed by atoms with Crippen molar-refractivity contribution in [3.8, 4) is 0 Å². The van der Waals surface area contributed by atoms with E-state index in [9.17, 15) is 18.4 Å². The van der Waals surface area contributed by atoms with Crippen LogP contribution in [0, 0.1) is 11.6 Å². The molecule has 1 aliphatic carbocycles. The van der Waals surface area contributed by atoms with Crippen LogP contribution in [-0.4, -0.2) is 11.7 Å². The molecule has 0 saturated carbocycles. The summed E-state index contributed by atoms with van der Waals surface area (Å²) in [4.78, 5) is 27.2. The zero-order valence-electron chi connectivity index (χ0n) is 19.4. The number of carbonyl (C=O) groups excluding carboxylic acids is 2. The number of Topliss-reactive ketones (excluding diaryl/α,β-unsaturated/α-hetero) is 1. The Balaban J connectivity index is 1.58. The van der Waals surface area contributed by atoms with Gasteiger partial charge < -0.3 is 10.6 Å². The first-order valence-electron chi connectivity index (χ1n) is 11.6. The van der Waals surface area contributed by atoms with E-state index in [0.717, 1.165) is 33.4 Å². The van der Waals surface area contributed by atoms with Gasteiger partial charge in [0.2, 0.25) is 0 Å². The number of hydrogen-bond acceptors (Lipinski definition) is 3. The van der Waals surface area contributed by atoms with Crippen LogP contribution >= 0.6 is 15.9 Å². The van der Waals surface area contributed by atoms with Crippen molar-refractivity contribution in [2.75, 3.05) is 5.32 Å². The number of hydrogen-bond donors (Lipinski definition) is 2. The minimum Gasteiger partial charge on any atom is -0.362 e. The molecule has 2 aliphatic rings. The van der Waals surface area contributed by atoms with E-state index in [1.165, 1.54) is 6.07 Å². The van der Waals surface area contributed by atoms with Crippen molar-refractivity contribution < 1.29 is 18.4 Å². The van der Waals surface area contributed by atoms with E-state index in [-0.39, 0.29) is 17.3 Å². The van der Waals surface area contributed by atoms with Gasteiger partial charge in [0.15, 0.2) is 5.78 Å². The zero-order valence-corrected chi connectivity index (χ0v) is 21.0. The van der Waals surface area contributed by atoms with Crippen molar-refractivity contribution in [1.82, 2.24) is 5.32 Å². The predicted molar refractivity (Wildman–Crippen MR) is 138 cm³/mol. The number of para-hydroxylation sites is 1. The second-order valence-electron chi connectivity index (χ2n) is 9.03. The maximum Gasteiger partial charge on any atom is 0.254 e. The Hall–Kier alpha value is -3.58. The van der Waals surface area contributed by atoms with E-state index in [0.29, 0.717) is 24.1 Å². The lowest BCUT2D eigenvalue weighted by Gasteiger charge is -2.37. The third-order valence-electron chi connectivity index (χ3n) is 6.73. The third-order valence-corrected chi connectivity index (χ3v) is 7.22. The van der Waals surface area contributed by atoms with Crippen LogP contribution in [-0.2, 0) is 9.59 Å². The molecule has 0 spiro atoms. The highest BCUT2D eigenvalue weighted by Gasteiger charge is 2.41. The molecule has 2 atom stereocenters. The minimum absolute atomic E-state index is 0.0174. The number of nitrogens with one attached hydrogen (secondary N) is 2. The molecule has 1 aliphatic heterocycles. The summed E-state index contributed by atoms with van der Waals surface area (Å²) in [6.45, 7) is 1.75. The van der Waals surface area contributed by atoms with Crippen molar-refractivity contribution in [2.24, 2.45) is 0 Å². The van der Waals surface area contributed by atoms with Gasteiger partial charge in [-0.1, -0.05) is 64.5 Å². The van der Waals surface area contributed by atoms with E-state index in [1.54, 1.807) is 6.92 Å². The summed E-state index contributed by atoms with van der Waals surface area (Å²) >= 11 is 3.48. The fraction of sp³-hybridized carbons (Fsp3) is 0.172. The molecule has 7 heteroatoms. The van der Waals surface area contributed by atoms with Gasteiger partial charge in [0.05, 0.1) is 0 Å². The standard InChI is InChI=1S/C29H23BrF2N2O2/c1-16-25(29(36)34-28-21(31)11-6-12-22(28)32)26(18-9-5-10-20(30)13-18)27-23(33-16)14-19(15-24(27)35)17-7-3-2-4-8-17/h2-13,19,26,33H,14-15H2,1H3,(H,34,36). The van der Waals surface area contributed by atoms with Crippen molar-refractivity contribution >= 4 is 33.3 Å². The topological polar surface area (TPSA) is 58.2 Å². The van der Waals surface area contributed by atoms with E-state index in [4.69, 9.17) is 0 Å². The number of carbonyl (C=O) groups is 2. The van der Waals surface area contributed by atoms with Gasteiger partial charge in [-0.2, -0.15) is 0 Å². The molecule has 0 aromatic heterocycles. The van der Waals surface area contributed by atoms with Crippen molar-refractivity contribution in [2.45, 2.75) is 31.6 Å². The van der Waals surface area contributed by atoms with E-state index >= 15 is 0 Å². The molecule has 5 rings (SSSR count). The number of ketones is 1. The Bertz CT molecular complexity index is 1410. The van der Waals surface area contributed by atoms with Gasteiger partial charge in [-0.15, -0.1) is 0 Å². The quantitative estimate of drug-likeness (QED) is 0.380. The summed E-state index contributed by atoms with van der Waals surface area (Å²) in [5.74, 6) is -3.13. The molecule has 3 aromatic rings. The van der Waals surface area contributed by atoms with Crippen LogP contribution in [0.5, 0.6) is 0 Å². The van der Waals surface area contributed by atoms with Crippen LogP contribution in [0.4, 0.5) is 14.5 Å². The molecule has 2 N–H and O–H groups in total. The Morgan fingerprint density at radius 2 is 1.61 bits per heavy atom. The first-order valence-corrected chi connectivity index (χ1v) is 12.4. The molecule has 0 radical (unpaired) electrons. The van der Waals surface area contributed by atoms with Gasteiger partial charge in [-0.3, -0.25) is 9.59 Å². The molecule has 4 nitrogen and oxygen atoms in total. The molecule has 1 heterocycles. The highest BCUT2D eigenvalue weighted by Crippen LogP contribution is 2.46. The number of dihydropyridines is 1. The van der Waals surface area contributed by atoms with Gasteiger partial charge >= 0.3 is 0 Å². The lowest BCUT2D eigenvalue weighted by atomic mass is 9.71. The van der Waals surface area contributed by atoms with Gasteiger partial charge in [-0.05, 0) is 54.7 Å². The highest BCUT2D eigenvalue weighted by atomic mass is 79.9. The van der Waals surface area contributed by atoms with Gasteiger partial charge in [-0.25, -0.2) is 8.78 Å². The van der Waals surface area contributed by atoms with E-state index in [1.807, 2.05) is 54.6 Å². The average molecular weight is 549 g/mol. The molecule has 2 unspecified atom stereocenters. The second kappa shape index (κ2) is 9.82. The first kappa shape index (κ1) is 24.1. The summed E-state index contributed by atoms with van der Waals surface area (Å²) in [5.41, 5.74) is 3.38. The molecule has 36 heavy (non-hydrogen) atoms. The van der Waals surface area contributed by atoms with Gasteiger partial charge in [0, 0.05) is 39.4 Å². The van der Waals surface area contributed by atoms with Gasteiger partial charge in [0.25, 0.3) is 5.91 Å². The first-order chi connectivity index (χ1) is 17.3. The average Bonchev–Trinajstić information content (AvgIpc) is 2.85. The number of halogens is 3. The van der Waals surface area contributed by atoms with E-state index < -0.39 is 29.1 Å². The normalized spacial score (nSPS) is 19.6. The lowest BCUT2D eigenvalue weighted by molar-refractivity contribution is -0.116. The molecule has 182 valence electrons. The summed E-state index contributed by atoms with van der Waals surface area (Å²) in [6, 6.07) is 20.7. The van der Waals surface area contributed by atoms with Crippen molar-refractivity contribution in [3.05, 3.63) is 123 Å². The monoisotopic (exact) mass is 548 g/mol. The Labute approximate surface area is 216 Å². The fourth-order valence-corrected chi connectivity index (χ4v) is 5.54.